The molecule has 0 saturated carbocycles. The van der Waals surface area contributed by atoms with Crippen LogP contribution < -0.4 is 14.9 Å². The minimum atomic E-state index is -1.56. The Morgan fingerprint density at radius 3 is 1.64 bits per heavy atom. The Labute approximate surface area is 201 Å². The predicted molar refractivity (Wildman–Crippen MR) is 134 cm³/mol. The summed E-state index contributed by atoms with van der Waals surface area (Å²) < 4.78 is 11.8. The minimum Gasteiger partial charge on any atom is -0.497 e. The summed E-state index contributed by atoms with van der Waals surface area (Å²) in [6.07, 6.45) is 0. The van der Waals surface area contributed by atoms with Crippen LogP contribution in [0.1, 0.15) is 22.3 Å². The molecule has 1 aliphatic carbocycles. The van der Waals surface area contributed by atoms with Crippen LogP contribution >= 0.6 is 15.9 Å². The van der Waals surface area contributed by atoms with Gasteiger partial charge in [-0.2, -0.15) is 0 Å². The van der Waals surface area contributed by atoms with Crippen LogP contribution in [0.4, 0.5) is 0 Å². The molecule has 4 nitrogen and oxygen atoms in total. The van der Waals surface area contributed by atoms with Crippen molar-refractivity contribution in [2.75, 3.05) is 14.2 Å². The number of benzene rings is 4. The molecular weight excluding hydrogens is 479 g/mol. The third-order valence-corrected chi connectivity index (χ3v) is 6.96. The van der Waals surface area contributed by atoms with Crippen molar-refractivity contribution >= 4 is 28.5 Å². The third kappa shape index (κ3) is 3.37. The largest absolute Gasteiger partial charge is 0.497 e. The SMILES string of the molecule is COc1ccc(C2(c3ccc(OC)cc3)c3cc(Br)ccc3-c3ccc(B(O)O)cc32)cc1. The number of hydrogen-bond acceptors (Lipinski definition) is 4. The molecule has 4 aromatic carbocycles. The molecule has 0 bridgehead atoms. The fourth-order valence-corrected chi connectivity index (χ4v) is 5.31. The molecule has 33 heavy (non-hydrogen) atoms. The van der Waals surface area contributed by atoms with Gasteiger partial charge in [-0.1, -0.05) is 64.5 Å². The summed E-state index contributed by atoms with van der Waals surface area (Å²) in [5.41, 5.74) is 6.17. The molecule has 6 heteroatoms. The zero-order valence-electron chi connectivity index (χ0n) is 18.2. The maximum atomic E-state index is 9.98. The van der Waals surface area contributed by atoms with Crippen molar-refractivity contribution in [3.05, 3.63) is 112 Å². The quantitative estimate of drug-likeness (QED) is 0.348. The predicted octanol–water partition coefficient (Wildman–Crippen LogP) is 4.51. The molecular formula is C27H22BBrO4. The van der Waals surface area contributed by atoms with Crippen LogP contribution in [0, 0.1) is 0 Å². The maximum Gasteiger partial charge on any atom is 0.488 e. The lowest BCUT2D eigenvalue weighted by Crippen LogP contribution is -2.33. The Morgan fingerprint density at radius 1 is 0.667 bits per heavy atom. The Kier molecular flexibility index (Phi) is 5.53. The topological polar surface area (TPSA) is 58.9 Å². The Morgan fingerprint density at radius 2 is 1.15 bits per heavy atom. The molecule has 0 aromatic heterocycles. The van der Waals surface area contributed by atoms with Crippen LogP contribution in [0.2, 0.25) is 0 Å². The van der Waals surface area contributed by atoms with E-state index in [1.807, 2.05) is 42.5 Å². The molecule has 0 aliphatic heterocycles. The number of halogens is 1. The summed E-state index contributed by atoms with van der Waals surface area (Å²) in [6, 6.07) is 28.1. The summed E-state index contributed by atoms with van der Waals surface area (Å²) in [5, 5.41) is 20.0. The van der Waals surface area contributed by atoms with Crippen molar-refractivity contribution in [2.45, 2.75) is 5.41 Å². The number of rotatable bonds is 5. The van der Waals surface area contributed by atoms with Gasteiger partial charge in [-0.25, -0.2) is 0 Å². The lowest BCUT2D eigenvalue weighted by atomic mass is 9.66. The van der Waals surface area contributed by atoms with Gasteiger partial charge in [0, 0.05) is 4.47 Å². The van der Waals surface area contributed by atoms with E-state index in [4.69, 9.17) is 9.47 Å². The zero-order valence-corrected chi connectivity index (χ0v) is 19.8. The van der Waals surface area contributed by atoms with E-state index in [9.17, 15) is 10.0 Å². The van der Waals surface area contributed by atoms with Gasteiger partial charge in [0.1, 0.15) is 11.5 Å². The monoisotopic (exact) mass is 500 g/mol. The van der Waals surface area contributed by atoms with E-state index in [2.05, 4.69) is 52.3 Å². The Hall–Kier alpha value is -3.06. The van der Waals surface area contributed by atoms with Gasteiger partial charge in [-0.3, -0.25) is 0 Å². The normalized spacial score (nSPS) is 13.2. The molecule has 0 unspecified atom stereocenters. The van der Waals surface area contributed by atoms with Crippen LogP contribution in [0.25, 0.3) is 11.1 Å². The first kappa shape index (κ1) is 21.8. The van der Waals surface area contributed by atoms with Gasteiger partial charge in [0.15, 0.2) is 0 Å². The molecule has 0 spiro atoms. The lowest BCUT2D eigenvalue weighted by Gasteiger charge is -2.34. The first-order valence-corrected chi connectivity index (χ1v) is 11.4. The van der Waals surface area contributed by atoms with Gasteiger partial charge in [0.25, 0.3) is 0 Å². The van der Waals surface area contributed by atoms with Crippen molar-refractivity contribution in [2.24, 2.45) is 0 Å². The Bertz CT molecular complexity index is 1270. The molecule has 0 saturated heterocycles. The van der Waals surface area contributed by atoms with E-state index >= 15 is 0 Å². The minimum absolute atomic E-state index is 0.451. The van der Waals surface area contributed by atoms with Crippen molar-refractivity contribution in [1.82, 2.24) is 0 Å². The molecule has 164 valence electrons. The van der Waals surface area contributed by atoms with Crippen molar-refractivity contribution in [3.63, 3.8) is 0 Å². The molecule has 5 rings (SSSR count). The van der Waals surface area contributed by atoms with Gasteiger partial charge in [-0.05, 0) is 75.2 Å². The average molecular weight is 501 g/mol. The molecule has 0 radical (unpaired) electrons. The second kappa shape index (κ2) is 8.38. The van der Waals surface area contributed by atoms with E-state index in [0.29, 0.717) is 5.46 Å². The highest BCUT2D eigenvalue weighted by molar-refractivity contribution is 9.10. The average Bonchev–Trinajstić information content (AvgIpc) is 3.13. The highest BCUT2D eigenvalue weighted by Crippen LogP contribution is 2.56. The van der Waals surface area contributed by atoms with Gasteiger partial charge >= 0.3 is 7.12 Å². The second-order valence-corrected chi connectivity index (χ2v) is 8.99. The van der Waals surface area contributed by atoms with Crippen LogP contribution in [0.5, 0.6) is 11.5 Å². The van der Waals surface area contributed by atoms with E-state index in [0.717, 1.165) is 49.4 Å². The smallest absolute Gasteiger partial charge is 0.488 e. The van der Waals surface area contributed by atoms with E-state index < -0.39 is 12.5 Å². The summed E-state index contributed by atoms with van der Waals surface area (Å²) in [5.74, 6) is 1.55. The van der Waals surface area contributed by atoms with Crippen LogP contribution in [0.3, 0.4) is 0 Å². The first-order chi connectivity index (χ1) is 16.0. The maximum absolute atomic E-state index is 9.98. The Balaban J connectivity index is 1.91. The first-order valence-electron chi connectivity index (χ1n) is 10.6. The lowest BCUT2D eigenvalue weighted by molar-refractivity contribution is 0.414. The molecule has 0 atom stereocenters. The summed E-state index contributed by atoms with van der Waals surface area (Å²) >= 11 is 3.67. The number of hydrogen-bond donors (Lipinski definition) is 2. The summed E-state index contributed by atoms with van der Waals surface area (Å²) in [7, 11) is 1.75. The van der Waals surface area contributed by atoms with Crippen LogP contribution in [-0.2, 0) is 5.41 Å². The summed E-state index contributed by atoms with van der Waals surface area (Å²) in [4.78, 5) is 0. The van der Waals surface area contributed by atoms with Gasteiger partial charge in [0.05, 0.1) is 19.6 Å². The highest BCUT2D eigenvalue weighted by Gasteiger charge is 2.46. The zero-order chi connectivity index (χ0) is 23.2. The standard InChI is InChI=1S/C27H22BBrO4/c1-32-21-9-3-17(4-10-21)27(18-5-11-22(33-2)12-6-18)25-15-19(28(30)31)7-13-23(25)24-14-8-20(29)16-26(24)27/h3-16,30-31H,1-2H3. The fraction of sp³-hybridized carbons (Fsp3) is 0.111. The summed E-state index contributed by atoms with van der Waals surface area (Å²) in [6.45, 7) is 0. The molecule has 0 fully saturated rings. The number of methoxy groups -OCH3 is 2. The van der Waals surface area contributed by atoms with Crippen molar-refractivity contribution in [1.29, 1.82) is 0 Å². The fourth-order valence-electron chi connectivity index (χ4n) is 4.94. The molecule has 0 amide bonds. The number of fused-ring (bicyclic) bond motifs is 3. The number of ether oxygens (including phenoxy) is 2. The van der Waals surface area contributed by atoms with Gasteiger partial charge < -0.3 is 19.5 Å². The van der Waals surface area contributed by atoms with E-state index in [-0.39, 0.29) is 0 Å². The van der Waals surface area contributed by atoms with E-state index in [1.54, 1.807) is 20.3 Å². The van der Waals surface area contributed by atoms with Crippen LogP contribution in [0.15, 0.2) is 89.4 Å². The highest BCUT2D eigenvalue weighted by atomic mass is 79.9. The van der Waals surface area contributed by atoms with E-state index in [1.165, 1.54) is 0 Å². The molecule has 4 aromatic rings. The molecule has 2 N–H and O–H groups in total. The molecule has 0 heterocycles. The van der Waals surface area contributed by atoms with Crippen molar-refractivity contribution in [3.8, 4) is 22.6 Å². The second-order valence-electron chi connectivity index (χ2n) is 8.08. The third-order valence-electron chi connectivity index (χ3n) is 6.47. The molecule has 1 aliphatic rings. The van der Waals surface area contributed by atoms with Crippen LogP contribution in [-0.4, -0.2) is 31.4 Å². The van der Waals surface area contributed by atoms with Gasteiger partial charge in [-0.15, -0.1) is 0 Å². The van der Waals surface area contributed by atoms with Gasteiger partial charge in [0.2, 0.25) is 0 Å². The van der Waals surface area contributed by atoms with Crippen molar-refractivity contribution < 1.29 is 19.5 Å².